The third-order valence-corrected chi connectivity index (χ3v) is 4.12. The maximum atomic E-state index is 13.1. The van der Waals surface area contributed by atoms with Crippen LogP contribution in [-0.4, -0.2) is 18.5 Å². The maximum Gasteiger partial charge on any atom is 0.418 e. The lowest BCUT2D eigenvalue weighted by molar-refractivity contribution is -0.137. The van der Waals surface area contributed by atoms with E-state index < -0.39 is 35.9 Å². The number of nitrogens with one attached hydrogen (secondary N) is 1. The molecule has 1 aromatic heterocycles. The molecule has 0 radical (unpaired) electrons. The van der Waals surface area contributed by atoms with Crippen LogP contribution in [0.25, 0.3) is 0 Å². The Balaban J connectivity index is 1.53. The van der Waals surface area contributed by atoms with Gasteiger partial charge in [0.1, 0.15) is 18.1 Å². The Morgan fingerprint density at radius 1 is 1.03 bits per heavy atom. The highest BCUT2D eigenvalue weighted by atomic mass is 35.5. The van der Waals surface area contributed by atoms with Crippen molar-refractivity contribution in [1.29, 1.82) is 0 Å². The summed E-state index contributed by atoms with van der Waals surface area (Å²) in [5.74, 6) is -1.13. The van der Waals surface area contributed by atoms with Gasteiger partial charge in [-0.25, -0.2) is 4.79 Å². The van der Waals surface area contributed by atoms with E-state index in [0.717, 1.165) is 6.07 Å². The quantitative estimate of drug-likeness (QED) is 0.489. The van der Waals surface area contributed by atoms with Crippen molar-refractivity contribution in [2.45, 2.75) is 12.8 Å². The van der Waals surface area contributed by atoms with Gasteiger partial charge in [0.25, 0.3) is 5.91 Å². The Morgan fingerprint density at radius 2 is 1.77 bits per heavy atom. The van der Waals surface area contributed by atoms with Crippen LogP contribution in [0, 0.1) is 0 Å². The normalized spacial score (nSPS) is 11.1. The summed E-state index contributed by atoms with van der Waals surface area (Å²) in [5.41, 5.74) is -1.62. The van der Waals surface area contributed by atoms with Crippen LogP contribution in [0.3, 0.4) is 0 Å². The average Bonchev–Trinajstić information content (AvgIpc) is 3.21. The molecule has 0 saturated heterocycles. The predicted molar refractivity (Wildman–Crippen MR) is 105 cm³/mol. The number of carbonyl (C=O) groups excluding carboxylic acids is 2. The van der Waals surface area contributed by atoms with Crippen molar-refractivity contribution >= 4 is 29.2 Å². The minimum atomic E-state index is -4.73. The van der Waals surface area contributed by atoms with Crippen LogP contribution in [0.4, 0.5) is 18.9 Å². The highest BCUT2D eigenvalue weighted by molar-refractivity contribution is 6.30. The van der Waals surface area contributed by atoms with Crippen LogP contribution in [0.15, 0.2) is 65.1 Å². The molecule has 0 aliphatic carbocycles. The zero-order chi connectivity index (χ0) is 22.4. The van der Waals surface area contributed by atoms with E-state index >= 15 is 0 Å². The maximum absolute atomic E-state index is 13.1. The zero-order valence-electron chi connectivity index (χ0n) is 15.7. The van der Waals surface area contributed by atoms with Crippen LogP contribution < -0.4 is 10.1 Å². The van der Waals surface area contributed by atoms with Crippen molar-refractivity contribution < 1.29 is 36.7 Å². The molecule has 3 rings (SSSR count). The van der Waals surface area contributed by atoms with Crippen molar-refractivity contribution in [3.05, 3.63) is 82.8 Å². The van der Waals surface area contributed by atoms with Gasteiger partial charge in [0.15, 0.2) is 6.61 Å². The smallest absolute Gasteiger partial charge is 0.418 e. The number of alkyl halides is 3. The van der Waals surface area contributed by atoms with E-state index in [9.17, 15) is 22.8 Å². The fourth-order valence-corrected chi connectivity index (χ4v) is 2.66. The van der Waals surface area contributed by atoms with Crippen LogP contribution in [-0.2, 0) is 22.3 Å². The topological polar surface area (TPSA) is 77.8 Å². The van der Waals surface area contributed by atoms with E-state index in [0.29, 0.717) is 17.6 Å². The lowest BCUT2D eigenvalue weighted by Crippen LogP contribution is -2.22. The molecule has 0 aliphatic heterocycles. The second-order valence-electron chi connectivity index (χ2n) is 6.18. The first kappa shape index (κ1) is 22.2. The van der Waals surface area contributed by atoms with Crippen LogP contribution in [0.5, 0.6) is 5.75 Å². The van der Waals surface area contributed by atoms with E-state index in [2.05, 4.69) is 0 Å². The summed E-state index contributed by atoms with van der Waals surface area (Å²) in [7, 11) is 0. The molecule has 1 amide bonds. The molecule has 2 aromatic carbocycles. The molecule has 0 fully saturated rings. The molecule has 31 heavy (non-hydrogen) atoms. The van der Waals surface area contributed by atoms with Crippen molar-refractivity contribution in [3.63, 3.8) is 0 Å². The number of esters is 1. The number of hydrogen-bond acceptors (Lipinski definition) is 5. The fraction of sp³-hybridized carbons (Fsp3) is 0.143. The van der Waals surface area contributed by atoms with Crippen LogP contribution in [0.1, 0.15) is 21.9 Å². The largest absolute Gasteiger partial charge is 0.486 e. The number of anilines is 1. The fourth-order valence-electron chi connectivity index (χ4n) is 2.48. The summed E-state index contributed by atoms with van der Waals surface area (Å²) < 4.78 is 54.8. The van der Waals surface area contributed by atoms with Gasteiger partial charge in [-0.3, -0.25) is 4.79 Å². The number of para-hydroxylation sites is 1. The Labute approximate surface area is 179 Å². The van der Waals surface area contributed by atoms with Gasteiger partial charge < -0.3 is 19.2 Å². The van der Waals surface area contributed by atoms with Crippen molar-refractivity contribution in [2.24, 2.45) is 0 Å². The number of carbonyl (C=O) groups is 2. The molecule has 3 aromatic rings. The molecule has 1 N–H and O–H groups in total. The second-order valence-corrected chi connectivity index (χ2v) is 6.62. The van der Waals surface area contributed by atoms with E-state index in [1.807, 2.05) is 11.4 Å². The number of rotatable bonds is 7. The summed E-state index contributed by atoms with van der Waals surface area (Å²) in [6.07, 6.45) is -4.73. The van der Waals surface area contributed by atoms with Gasteiger partial charge >= 0.3 is 12.1 Å². The van der Waals surface area contributed by atoms with E-state index in [1.165, 1.54) is 18.2 Å². The van der Waals surface area contributed by atoms with Gasteiger partial charge in [0, 0.05) is 5.02 Å². The van der Waals surface area contributed by atoms with Gasteiger partial charge in [0.2, 0.25) is 5.76 Å². The summed E-state index contributed by atoms with van der Waals surface area (Å²) >= 11 is 5.59. The lowest BCUT2D eigenvalue weighted by atomic mass is 10.1. The molecule has 0 saturated carbocycles. The average molecular weight is 454 g/mol. The van der Waals surface area contributed by atoms with E-state index in [-0.39, 0.29) is 17.4 Å². The summed E-state index contributed by atoms with van der Waals surface area (Å²) in [6, 6.07) is 14.7. The molecule has 162 valence electrons. The standard InChI is InChI=1S/C21H15ClF3NO5/c22-13-6-8-17(16(10-13)21(23,24)25)26-19(27)12-30-20(28)18-9-7-15(31-18)11-29-14-4-2-1-3-5-14/h1-10H,11-12H2,(H,26,27). The lowest BCUT2D eigenvalue weighted by Gasteiger charge is -2.14. The molecule has 10 heteroatoms. The molecular weight excluding hydrogens is 439 g/mol. The Hall–Kier alpha value is -3.46. The molecule has 0 unspecified atom stereocenters. The minimum absolute atomic E-state index is 0.0641. The first-order chi connectivity index (χ1) is 14.7. The van der Waals surface area contributed by atoms with Crippen molar-refractivity contribution in [3.8, 4) is 5.75 Å². The number of furan rings is 1. The number of benzene rings is 2. The third kappa shape index (κ3) is 6.26. The number of amides is 1. The third-order valence-electron chi connectivity index (χ3n) is 3.88. The zero-order valence-corrected chi connectivity index (χ0v) is 16.5. The first-order valence-corrected chi connectivity index (χ1v) is 9.20. The second kappa shape index (κ2) is 9.57. The molecule has 6 nitrogen and oxygen atoms in total. The monoisotopic (exact) mass is 453 g/mol. The minimum Gasteiger partial charge on any atom is -0.486 e. The molecule has 0 spiro atoms. The highest BCUT2D eigenvalue weighted by Gasteiger charge is 2.34. The summed E-state index contributed by atoms with van der Waals surface area (Å²) in [6.45, 7) is -0.746. The van der Waals surface area contributed by atoms with Crippen LogP contribution >= 0.6 is 11.6 Å². The number of ether oxygens (including phenoxy) is 2. The Kier molecular flexibility index (Phi) is 6.86. The molecule has 0 atom stereocenters. The molecule has 0 bridgehead atoms. The van der Waals surface area contributed by atoms with E-state index in [1.54, 1.807) is 24.3 Å². The molecular formula is C21H15ClF3NO5. The molecule has 0 aliphatic rings. The van der Waals surface area contributed by atoms with Gasteiger partial charge in [-0.1, -0.05) is 29.8 Å². The molecule has 1 heterocycles. The predicted octanol–water partition coefficient (Wildman–Crippen LogP) is 5.33. The summed E-state index contributed by atoms with van der Waals surface area (Å²) in [4.78, 5) is 24.0. The van der Waals surface area contributed by atoms with E-state index in [4.69, 9.17) is 25.5 Å². The summed E-state index contributed by atoms with van der Waals surface area (Å²) in [5, 5.41) is 1.91. The number of hydrogen-bond donors (Lipinski definition) is 1. The van der Waals surface area contributed by atoms with Crippen molar-refractivity contribution in [2.75, 3.05) is 11.9 Å². The van der Waals surface area contributed by atoms with Crippen LogP contribution in [0.2, 0.25) is 5.02 Å². The first-order valence-electron chi connectivity index (χ1n) is 8.82. The van der Waals surface area contributed by atoms with Gasteiger partial charge in [0.05, 0.1) is 11.3 Å². The SMILES string of the molecule is O=C(COC(=O)c1ccc(COc2ccccc2)o1)Nc1ccc(Cl)cc1C(F)(F)F. The Morgan fingerprint density at radius 3 is 2.48 bits per heavy atom. The number of halogens is 4. The van der Waals surface area contributed by atoms with Gasteiger partial charge in [-0.2, -0.15) is 13.2 Å². The van der Waals surface area contributed by atoms with Gasteiger partial charge in [-0.15, -0.1) is 0 Å². The van der Waals surface area contributed by atoms with Crippen molar-refractivity contribution in [1.82, 2.24) is 0 Å². The Bertz CT molecular complexity index is 1070. The van der Waals surface area contributed by atoms with Gasteiger partial charge in [-0.05, 0) is 42.5 Å². The highest BCUT2D eigenvalue weighted by Crippen LogP contribution is 2.36.